The number of rotatable bonds is 5. The third-order valence-corrected chi connectivity index (χ3v) is 4.32. The minimum Gasteiger partial charge on any atom is -0.388 e. The van der Waals surface area contributed by atoms with Crippen molar-refractivity contribution in [3.8, 4) is 0 Å². The Balaban J connectivity index is 1.94. The van der Waals surface area contributed by atoms with Crippen molar-refractivity contribution in [3.63, 3.8) is 0 Å². The molecule has 1 N–H and O–H groups in total. The summed E-state index contributed by atoms with van der Waals surface area (Å²) < 4.78 is 6.49. The Morgan fingerprint density at radius 1 is 1.72 bits per heavy atom. The van der Waals surface area contributed by atoms with Gasteiger partial charge in [0.1, 0.15) is 0 Å². The van der Waals surface area contributed by atoms with Gasteiger partial charge >= 0.3 is 0 Å². The largest absolute Gasteiger partial charge is 0.388 e. The van der Waals surface area contributed by atoms with Crippen molar-refractivity contribution in [2.75, 3.05) is 26.3 Å². The van der Waals surface area contributed by atoms with E-state index in [0.717, 1.165) is 29.1 Å². The van der Waals surface area contributed by atoms with Crippen molar-refractivity contribution in [1.82, 2.24) is 4.90 Å². The lowest BCUT2D eigenvalue weighted by Gasteiger charge is -2.36. The van der Waals surface area contributed by atoms with Crippen molar-refractivity contribution in [2.45, 2.75) is 18.6 Å². The Labute approximate surface area is 120 Å². The molecule has 0 saturated carbocycles. The van der Waals surface area contributed by atoms with Gasteiger partial charge in [0.05, 0.1) is 19.3 Å². The zero-order chi connectivity index (χ0) is 13.0. The predicted molar refractivity (Wildman–Crippen MR) is 78.1 cm³/mol. The van der Waals surface area contributed by atoms with Crippen LogP contribution in [0.15, 0.2) is 28.6 Å². The Morgan fingerprint density at radius 3 is 3.22 bits per heavy atom. The van der Waals surface area contributed by atoms with E-state index in [-0.39, 0.29) is 6.04 Å². The van der Waals surface area contributed by atoms with E-state index in [1.165, 1.54) is 0 Å². The SMILES string of the molecule is C=C(Br)CN1CCOC[C@H]1C[C@H](O)c1cccs1. The molecule has 0 spiro atoms. The summed E-state index contributed by atoms with van der Waals surface area (Å²) in [5, 5.41) is 12.2. The molecule has 0 aliphatic carbocycles. The minimum atomic E-state index is -0.400. The van der Waals surface area contributed by atoms with E-state index in [9.17, 15) is 5.11 Å². The highest BCUT2D eigenvalue weighted by Gasteiger charge is 2.26. The molecular formula is C13H18BrNO2S. The molecule has 18 heavy (non-hydrogen) atoms. The molecule has 0 unspecified atom stereocenters. The summed E-state index contributed by atoms with van der Waals surface area (Å²) in [5.74, 6) is 0. The van der Waals surface area contributed by atoms with Gasteiger partial charge in [0.2, 0.25) is 0 Å². The van der Waals surface area contributed by atoms with E-state index in [4.69, 9.17) is 4.74 Å². The fraction of sp³-hybridized carbons (Fsp3) is 0.538. The maximum Gasteiger partial charge on any atom is 0.0897 e. The van der Waals surface area contributed by atoms with Gasteiger partial charge in [0.25, 0.3) is 0 Å². The Kier molecular flexibility index (Phi) is 5.38. The minimum absolute atomic E-state index is 0.255. The van der Waals surface area contributed by atoms with Crippen LogP contribution in [-0.4, -0.2) is 42.4 Å². The highest BCUT2D eigenvalue weighted by Crippen LogP contribution is 2.26. The molecule has 1 aliphatic heterocycles. The second-order valence-corrected chi connectivity index (χ2v) is 6.58. The monoisotopic (exact) mass is 331 g/mol. The molecule has 3 nitrogen and oxygen atoms in total. The number of aliphatic hydroxyl groups excluding tert-OH is 1. The first-order valence-corrected chi connectivity index (χ1v) is 7.70. The van der Waals surface area contributed by atoms with E-state index >= 15 is 0 Å². The number of hydrogen-bond donors (Lipinski definition) is 1. The summed E-state index contributed by atoms with van der Waals surface area (Å²) in [4.78, 5) is 3.34. The molecule has 0 bridgehead atoms. The van der Waals surface area contributed by atoms with Gasteiger partial charge in [-0.15, -0.1) is 11.3 Å². The van der Waals surface area contributed by atoms with Crippen molar-refractivity contribution in [2.24, 2.45) is 0 Å². The van der Waals surface area contributed by atoms with Gasteiger partial charge in [-0.3, -0.25) is 4.90 Å². The third-order valence-electron chi connectivity index (χ3n) is 3.09. The average Bonchev–Trinajstić information content (AvgIpc) is 2.84. The molecule has 0 amide bonds. The Hall–Kier alpha value is -0.200. The molecule has 100 valence electrons. The topological polar surface area (TPSA) is 32.7 Å². The van der Waals surface area contributed by atoms with E-state index in [1.54, 1.807) is 11.3 Å². The van der Waals surface area contributed by atoms with Crippen LogP contribution in [0.1, 0.15) is 17.4 Å². The van der Waals surface area contributed by atoms with E-state index in [1.807, 2.05) is 17.5 Å². The van der Waals surface area contributed by atoms with Crippen molar-refractivity contribution >= 4 is 27.3 Å². The lowest BCUT2D eigenvalue weighted by Crippen LogP contribution is -2.46. The first kappa shape index (κ1) is 14.2. The molecule has 0 radical (unpaired) electrons. The molecule has 1 saturated heterocycles. The third kappa shape index (κ3) is 3.90. The standard InChI is InChI=1S/C13H18BrNO2S/c1-10(14)8-15-4-5-17-9-11(15)7-12(16)13-3-2-6-18-13/h2-3,6,11-12,16H,1,4-5,7-9H2/t11-,12+/m1/s1. The summed E-state index contributed by atoms with van der Waals surface area (Å²) in [6.07, 6.45) is 0.309. The average molecular weight is 332 g/mol. The molecule has 1 aromatic rings. The van der Waals surface area contributed by atoms with Gasteiger partial charge in [0.15, 0.2) is 0 Å². The maximum absolute atomic E-state index is 10.2. The van der Waals surface area contributed by atoms with Crippen LogP contribution in [0, 0.1) is 0 Å². The second-order valence-electron chi connectivity index (χ2n) is 4.48. The fourth-order valence-electron chi connectivity index (χ4n) is 2.19. The van der Waals surface area contributed by atoms with Crippen LogP contribution >= 0.6 is 27.3 Å². The van der Waals surface area contributed by atoms with Gasteiger partial charge in [0, 0.05) is 28.5 Å². The predicted octanol–water partition coefficient (Wildman–Crippen LogP) is 2.78. The van der Waals surface area contributed by atoms with Crippen LogP contribution in [0.4, 0.5) is 0 Å². The van der Waals surface area contributed by atoms with Gasteiger partial charge in [-0.2, -0.15) is 0 Å². The summed E-state index contributed by atoms with van der Waals surface area (Å²) in [6.45, 7) is 7.03. The summed E-state index contributed by atoms with van der Waals surface area (Å²) >= 11 is 5.00. The van der Waals surface area contributed by atoms with Gasteiger partial charge in [-0.05, 0) is 17.9 Å². The summed E-state index contributed by atoms with van der Waals surface area (Å²) in [7, 11) is 0. The van der Waals surface area contributed by atoms with Crippen LogP contribution in [-0.2, 0) is 4.74 Å². The number of morpholine rings is 1. The normalized spacial score (nSPS) is 22.9. The molecule has 0 aromatic carbocycles. The molecule has 2 heterocycles. The summed E-state index contributed by atoms with van der Waals surface area (Å²) in [5.41, 5.74) is 0. The van der Waals surface area contributed by atoms with Crippen molar-refractivity contribution in [3.05, 3.63) is 33.5 Å². The van der Waals surface area contributed by atoms with E-state index in [2.05, 4.69) is 27.4 Å². The lowest BCUT2D eigenvalue weighted by atomic mass is 10.1. The highest BCUT2D eigenvalue weighted by atomic mass is 79.9. The molecule has 2 rings (SSSR count). The number of ether oxygens (including phenoxy) is 1. The van der Waals surface area contributed by atoms with Crippen LogP contribution < -0.4 is 0 Å². The number of halogens is 1. The smallest absolute Gasteiger partial charge is 0.0897 e. The molecule has 1 fully saturated rings. The first-order valence-electron chi connectivity index (χ1n) is 6.03. The quantitative estimate of drug-likeness (QED) is 0.900. The fourth-order valence-corrected chi connectivity index (χ4v) is 3.24. The molecule has 1 aliphatic rings. The number of nitrogens with zero attached hydrogens (tertiary/aromatic N) is 1. The van der Waals surface area contributed by atoms with Crippen LogP contribution in [0.5, 0.6) is 0 Å². The highest BCUT2D eigenvalue weighted by molar-refractivity contribution is 9.11. The lowest BCUT2D eigenvalue weighted by molar-refractivity contribution is -0.0207. The van der Waals surface area contributed by atoms with Crippen molar-refractivity contribution in [1.29, 1.82) is 0 Å². The van der Waals surface area contributed by atoms with Crippen LogP contribution in [0.3, 0.4) is 0 Å². The Bertz CT molecular complexity index is 382. The molecule has 1 aromatic heterocycles. The maximum atomic E-state index is 10.2. The van der Waals surface area contributed by atoms with Crippen LogP contribution in [0.2, 0.25) is 0 Å². The zero-order valence-electron chi connectivity index (χ0n) is 10.2. The Morgan fingerprint density at radius 2 is 2.56 bits per heavy atom. The van der Waals surface area contributed by atoms with Gasteiger partial charge in [-0.25, -0.2) is 0 Å². The van der Waals surface area contributed by atoms with E-state index < -0.39 is 6.10 Å². The zero-order valence-corrected chi connectivity index (χ0v) is 12.6. The number of aliphatic hydroxyl groups is 1. The second kappa shape index (κ2) is 6.82. The number of hydrogen-bond acceptors (Lipinski definition) is 4. The van der Waals surface area contributed by atoms with Gasteiger partial charge < -0.3 is 9.84 Å². The van der Waals surface area contributed by atoms with Crippen LogP contribution in [0.25, 0.3) is 0 Å². The summed E-state index contributed by atoms with van der Waals surface area (Å²) in [6, 6.07) is 4.20. The first-order chi connectivity index (χ1) is 8.66. The molecule has 5 heteroatoms. The molecular weight excluding hydrogens is 314 g/mol. The van der Waals surface area contributed by atoms with E-state index in [0.29, 0.717) is 13.0 Å². The number of thiophene rings is 1. The molecule has 2 atom stereocenters. The van der Waals surface area contributed by atoms with Gasteiger partial charge in [-0.1, -0.05) is 28.6 Å². The van der Waals surface area contributed by atoms with Crippen molar-refractivity contribution < 1.29 is 9.84 Å².